The van der Waals surface area contributed by atoms with E-state index >= 15 is 0 Å². The van der Waals surface area contributed by atoms with Crippen LogP contribution in [-0.2, 0) is 0 Å². The lowest BCUT2D eigenvalue weighted by Gasteiger charge is -2.12. The quantitative estimate of drug-likeness (QED) is 0.903. The number of carboxylic acids is 1. The molecule has 0 radical (unpaired) electrons. The van der Waals surface area contributed by atoms with Gasteiger partial charge in [0.2, 0.25) is 0 Å². The average Bonchev–Trinajstić information content (AvgIpc) is 2.37. The van der Waals surface area contributed by atoms with E-state index < -0.39 is 23.3 Å². The smallest absolute Gasteiger partial charge is 0.337 e. The van der Waals surface area contributed by atoms with Crippen LogP contribution in [0, 0.1) is 25.5 Å². The minimum atomic E-state index is -1.35. The Labute approximate surface area is 114 Å². The van der Waals surface area contributed by atoms with E-state index in [9.17, 15) is 13.6 Å². The van der Waals surface area contributed by atoms with E-state index in [1.54, 1.807) is 19.2 Å². The molecule has 0 atom stereocenters. The first-order valence-electron chi connectivity index (χ1n) is 5.81. The van der Waals surface area contributed by atoms with Gasteiger partial charge in [0.25, 0.3) is 0 Å². The van der Waals surface area contributed by atoms with Gasteiger partial charge >= 0.3 is 5.97 Å². The van der Waals surface area contributed by atoms with Gasteiger partial charge in [-0.25, -0.2) is 18.6 Å². The van der Waals surface area contributed by atoms with Crippen molar-refractivity contribution in [3.8, 4) is 0 Å². The maximum Gasteiger partial charge on any atom is 0.337 e. The number of aromatic nitrogens is 1. The van der Waals surface area contributed by atoms with Crippen LogP contribution >= 0.6 is 0 Å². The van der Waals surface area contributed by atoms with Crippen molar-refractivity contribution >= 4 is 17.5 Å². The molecular weight excluding hydrogens is 266 g/mol. The number of carbonyl (C=O) groups is 1. The van der Waals surface area contributed by atoms with Gasteiger partial charge in [0, 0.05) is 6.20 Å². The van der Waals surface area contributed by atoms with E-state index in [-0.39, 0.29) is 11.4 Å². The topological polar surface area (TPSA) is 62.2 Å². The standard InChI is InChI=1S/C14H12F2N2O2/c1-7-5-8(2)13(17-6-7)18-12-9(14(19)20)3-4-10(15)11(12)16/h3-6H,1-2H3,(H,17,18)(H,19,20). The summed E-state index contributed by atoms with van der Waals surface area (Å²) in [6, 6.07) is 3.58. The van der Waals surface area contributed by atoms with Gasteiger partial charge in [0.1, 0.15) is 5.82 Å². The van der Waals surface area contributed by atoms with Gasteiger partial charge in [-0.2, -0.15) is 0 Å². The van der Waals surface area contributed by atoms with Crippen LogP contribution in [0.5, 0.6) is 0 Å². The maximum atomic E-state index is 13.8. The summed E-state index contributed by atoms with van der Waals surface area (Å²) in [4.78, 5) is 15.1. The number of carboxylic acid groups (broad SMARTS) is 1. The van der Waals surface area contributed by atoms with Crippen molar-refractivity contribution < 1.29 is 18.7 Å². The molecule has 2 aromatic rings. The predicted octanol–water partition coefficient (Wildman–Crippen LogP) is 3.42. The summed E-state index contributed by atoms with van der Waals surface area (Å²) < 4.78 is 27.1. The lowest BCUT2D eigenvalue weighted by Crippen LogP contribution is -2.08. The second kappa shape index (κ2) is 5.24. The summed E-state index contributed by atoms with van der Waals surface area (Å²) in [5.74, 6) is -3.44. The molecule has 0 unspecified atom stereocenters. The highest BCUT2D eigenvalue weighted by Crippen LogP contribution is 2.27. The summed E-state index contributed by atoms with van der Waals surface area (Å²) in [6.07, 6.45) is 1.55. The van der Waals surface area contributed by atoms with Gasteiger partial charge in [-0.1, -0.05) is 6.07 Å². The first kappa shape index (κ1) is 13.9. The molecule has 1 heterocycles. The number of pyridine rings is 1. The summed E-state index contributed by atoms with van der Waals surface area (Å²) in [5, 5.41) is 11.6. The van der Waals surface area contributed by atoms with E-state index in [0.29, 0.717) is 5.56 Å². The highest BCUT2D eigenvalue weighted by molar-refractivity contribution is 5.95. The Morgan fingerprint density at radius 2 is 2.00 bits per heavy atom. The lowest BCUT2D eigenvalue weighted by molar-refractivity contribution is 0.0697. The zero-order valence-electron chi connectivity index (χ0n) is 10.9. The first-order chi connectivity index (χ1) is 9.40. The molecule has 1 aromatic carbocycles. The Morgan fingerprint density at radius 3 is 2.60 bits per heavy atom. The second-order valence-corrected chi connectivity index (χ2v) is 4.39. The molecule has 2 N–H and O–H groups in total. The Hall–Kier alpha value is -2.50. The molecule has 104 valence electrons. The van der Waals surface area contributed by atoms with E-state index in [1.165, 1.54) is 0 Å². The zero-order chi connectivity index (χ0) is 14.9. The van der Waals surface area contributed by atoms with Crippen LogP contribution in [0.2, 0.25) is 0 Å². The van der Waals surface area contributed by atoms with Crippen LogP contribution < -0.4 is 5.32 Å². The highest BCUT2D eigenvalue weighted by atomic mass is 19.2. The summed E-state index contributed by atoms with van der Waals surface area (Å²) >= 11 is 0. The van der Waals surface area contributed by atoms with Gasteiger partial charge in [-0.3, -0.25) is 0 Å². The molecule has 0 amide bonds. The molecular formula is C14H12F2N2O2. The number of rotatable bonds is 3. The Kier molecular flexibility index (Phi) is 3.65. The number of hydrogen-bond acceptors (Lipinski definition) is 3. The van der Waals surface area contributed by atoms with Crippen LogP contribution in [0.4, 0.5) is 20.3 Å². The number of aromatic carboxylic acids is 1. The molecule has 0 fully saturated rings. The zero-order valence-corrected chi connectivity index (χ0v) is 10.9. The minimum absolute atomic E-state index is 0.280. The molecule has 0 saturated carbocycles. The second-order valence-electron chi connectivity index (χ2n) is 4.39. The number of nitrogens with zero attached hydrogens (tertiary/aromatic N) is 1. The minimum Gasteiger partial charge on any atom is -0.478 e. The monoisotopic (exact) mass is 278 g/mol. The fraction of sp³-hybridized carbons (Fsp3) is 0.143. The molecule has 2 rings (SSSR count). The van der Waals surface area contributed by atoms with Crippen molar-refractivity contribution in [1.29, 1.82) is 0 Å². The number of hydrogen-bond donors (Lipinski definition) is 2. The SMILES string of the molecule is Cc1cnc(Nc2c(C(=O)O)ccc(F)c2F)c(C)c1. The molecule has 0 aliphatic rings. The first-order valence-corrected chi connectivity index (χ1v) is 5.81. The fourth-order valence-corrected chi connectivity index (χ4v) is 1.82. The molecule has 0 bridgehead atoms. The summed E-state index contributed by atoms with van der Waals surface area (Å²) in [6.45, 7) is 3.58. The van der Waals surface area contributed by atoms with E-state index in [1.807, 2.05) is 6.92 Å². The van der Waals surface area contributed by atoms with Crippen LogP contribution in [-0.4, -0.2) is 16.1 Å². The van der Waals surface area contributed by atoms with Crippen molar-refractivity contribution in [2.24, 2.45) is 0 Å². The molecule has 20 heavy (non-hydrogen) atoms. The molecule has 1 aromatic heterocycles. The third-order valence-electron chi connectivity index (χ3n) is 2.78. The largest absolute Gasteiger partial charge is 0.478 e. The predicted molar refractivity (Wildman–Crippen MR) is 70.3 cm³/mol. The molecule has 6 heteroatoms. The Bertz CT molecular complexity index is 687. The molecule has 0 saturated heterocycles. The summed E-state index contributed by atoms with van der Waals surface area (Å²) in [7, 11) is 0. The number of benzene rings is 1. The Balaban J connectivity index is 2.52. The van der Waals surface area contributed by atoms with Crippen molar-refractivity contribution in [1.82, 2.24) is 4.98 Å². The van der Waals surface area contributed by atoms with Gasteiger partial charge in [-0.15, -0.1) is 0 Å². The van der Waals surface area contributed by atoms with Crippen molar-refractivity contribution in [2.75, 3.05) is 5.32 Å². The van der Waals surface area contributed by atoms with Crippen molar-refractivity contribution in [3.05, 3.63) is 52.7 Å². The van der Waals surface area contributed by atoms with Crippen LogP contribution in [0.1, 0.15) is 21.5 Å². The number of anilines is 2. The molecule has 0 spiro atoms. The van der Waals surface area contributed by atoms with Gasteiger partial charge in [0.15, 0.2) is 11.6 Å². The lowest BCUT2D eigenvalue weighted by atomic mass is 10.1. The van der Waals surface area contributed by atoms with Crippen molar-refractivity contribution in [2.45, 2.75) is 13.8 Å². The third kappa shape index (κ3) is 2.59. The van der Waals surface area contributed by atoms with Crippen LogP contribution in [0.25, 0.3) is 0 Å². The van der Waals surface area contributed by atoms with Crippen molar-refractivity contribution in [3.63, 3.8) is 0 Å². The van der Waals surface area contributed by atoms with E-state index in [2.05, 4.69) is 10.3 Å². The van der Waals surface area contributed by atoms with Gasteiger partial charge < -0.3 is 10.4 Å². The van der Waals surface area contributed by atoms with E-state index in [0.717, 1.165) is 17.7 Å². The average molecular weight is 278 g/mol. The Morgan fingerprint density at radius 1 is 1.30 bits per heavy atom. The number of halogens is 2. The molecule has 0 aliphatic carbocycles. The number of aryl methyl sites for hydroxylation is 2. The fourth-order valence-electron chi connectivity index (χ4n) is 1.82. The highest BCUT2D eigenvalue weighted by Gasteiger charge is 2.19. The number of nitrogens with one attached hydrogen (secondary N) is 1. The van der Waals surface area contributed by atoms with Gasteiger partial charge in [0.05, 0.1) is 11.3 Å². The van der Waals surface area contributed by atoms with E-state index in [4.69, 9.17) is 5.11 Å². The van der Waals surface area contributed by atoms with Gasteiger partial charge in [-0.05, 0) is 37.1 Å². The normalized spacial score (nSPS) is 10.4. The maximum absolute atomic E-state index is 13.8. The molecule has 0 aliphatic heterocycles. The third-order valence-corrected chi connectivity index (χ3v) is 2.78. The summed E-state index contributed by atoms with van der Waals surface area (Å²) in [5.41, 5.74) is 0.818. The van der Waals surface area contributed by atoms with Crippen LogP contribution in [0.15, 0.2) is 24.4 Å². The van der Waals surface area contributed by atoms with Crippen LogP contribution in [0.3, 0.4) is 0 Å². The molecule has 4 nitrogen and oxygen atoms in total.